The van der Waals surface area contributed by atoms with Gasteiger partial charge in [0.05, 0.1) is 0 Å². The highest BCUT2D eigenvalue weighted by molar-refractivity contribution is 5.79. The molecule has 1 aliphatic rings. The van der Waals surface area contributed by atoms with E-state index >= 15 is 0 Å². The molecule has 0 aromatic heterocycles. The summed E-state index contributed by atoms with van der Waals surface area (Å²) in [4.78, 5) is 6.92. The summed E-state index contributed by atoms with van der Waals surface area (Å²) in [6.45, 7) is 7.87. The van der Waals surface area contributed by atoms with Crippen LogP contribution in [0.25, 0.3) is 0 Å². The summed E-state index contributed by atoms with van der Waals surface area (Å²) in [7, 11) is 1.86. The molecule has 1 heterocycles. The van der Waals surface area contributed by atoms with Gasteiger partial charge in [-0.1, -0.05) is 50.1 Å². The van der Waals surface area contributed by atoms with Gasteiger partial charge in [0.2, 0.25) is 0 Å². The van der Waals surface area contributed by atoms with Gasteiger partial charge >= 0.3 is 0 Å². The van der Waals surface area contributed by atoms with Gasteiger partial charge in [-0.15, -0.1) is 0 Å². The number of rotatable bonds is 9. The van der Waals surface area contributed by atoms with E-state index in [1.807, 2.05) is 7.05 Å². The van der Waals surface area contributed by atoms with Crippen molar-refractivity contribution in [3.63, 3.8) is 0 Å². The fraction of sp³-hybridized carbons (Fsp3) is 0.650. The van der Waals surface area contributed by atoms with Crippen molar-refractivity contribution in [2.24, 2.45) is 10.9 Å². The van der Waals surface area contributed by atoms with Crippen LogP contribution in [0.4, 0.5) is 0 Å². The molecule has 2 N–H and O–H groups in total. The molecule has 0 amide bonds. The average molecular weight is 331 g/mol. The molecule has 0 spiro atoms. The standard InChI is InChI=1S/C20H34N4/c1-3-4-8-13-22-20(21-2)23-16-19-12-15-24(17-19)14-11-18-9-6-5-7-10-18/h5-7,9-10,19H,3-4,8,11-17H2,1-2H3,(H2,21,22,23). The summed E-state index contributed by atoms with van der Waals surface area (Å²) in [5, 5.41) is 6.91. The van der Waals surface area contributed by atoms with Crippen LogP contribution >= 0.6 is 0 Å². The molecule has 0 radical (unpaired) electrons. The number of nitrogens with zero attached hydrogens (tertiary/aromatic N) is 2. The minimum Gasteiger partial charge on any atom is -0.356 e. The number of unbranched alkanes of at least 4 members (excludes halogenated alkanes) is 2. The maximum absolute atomic E-state index is 4.32. The van der Waals surface area contributed by atoms with E-state index in [0.717, 1.165) is 31.4 Å². The first-order valence-electron chi connectivity index (χ1n) is 9.52. The predicted octanol–water partition coefficient (Wildman–Crippen LogP) is 2.91. The molecule has 1 fully saturated rings. The summed E-state index contributed by atoms with van der Waals surface area (Å²) >= 11 is 0. The van der Waals surface area contributed by atoms with Crippen molar-refractivity contribution in [1.29, 1.82) is 0 Å². The Bertz CT molecular complexity index is 472. The van der Waals surface area contributed by atoms with Crippen LogP contribution in [0.1, 0.15) is 38.2 Å². The molecular weight excluding hydrogens is 296 g/mol. The monoisotopic (exact) mass is 330 g/mol. The number of aliphatic imine (C=N–C) groups is 1. The topological polar surface area (TPSA) is 39.7 Å². The highest BCUT2D eigenvalue weighted by atomic mass is 15.2. The van der Waals surface area contributed by atoms with E-state index in [0.29, 0.717) is 0 Å². The highest BCUT2D eigenvalue weighted by Gasteiger charge is 2.22. The highest BCUT2D eigenvalue weighted by Crippen LogP contribution is 2.15. The van der Waals surface area contributed by atoms with E-state index in [1.54, 1.807) is 0 Å². The first kappa shape index (κ1) is 18.8. The Labute approximate surface area is 147 Å². The Balaban J connectivity index is 1.60. The van der Waals surface area contributed by atoms with Crippen molar-refractivity contribution >= 4 is 5.96 Å². The van der Waals surface area contributed by atoms with Gasteiger partial charge < -0.3 is 15.5 Å². The molecule has 24 heavy (non-hydrogen) atoms. The van der Waals surface area contributed by atoms with Crippen LogP contribution in [0, 0.1) is 5.92 Å². The van der Waals surface area contributed by atoms with E-state index in [2.05, 4.69) is 57.8 Å². The summed E-state index contributed by atoms with van der Waals surface area (Å²) in [6.07, 6.45) is 6.20. The van der Waals surface area contributed by atoms with Crippen LogP contribution in [0.3, 0.4) is 0 Å². The van der Waals surface area contributed by atoms with Crippen LogP contribution in [-0.2, 0) is 6.42 Å². The van der Waals surface area contributed by atoms with Gasteiger partial charge in [-0.2, -0.15) is 0 Å². The summed E-state index contributed by atoms with van der Waals surface area (Å²) in [5.41, 5.74) is 1.44. The molecule has 4 heteroatoms. The second kappa shape index (κ2) is 11.1. The van der Waals surface area contributed by atoms with Gasteiger partial charge in [-0.05, 0) is 37.3 Å². The zero-order chi connectivity index (χ0) is 17.0. The maximum atomic E-state index is 4.32. The molecule has 1 atom stereocenters. The summed E-state index contributed by atoms with van der Waals surface area (Å²) in [5.74, 6) is 1.68. The molecule has 1 unspecified atom stereocenters. The molecule has 0 saturated carbocycles. The molecule has 1 saturated heterocycles. The van der Waals surface area contributed by atoms with Crippen LogP contribution < -0.4 is 10.6 Å². The Hall–Kier alpha value is -1.55. The van der Waals surface area contributed by atoms with Crippen molar-refractivity contribution in [1.82, 2.24) is 15.5 Å². The lowest BCUT2D eigenvalue weighted by molar-refractivity contribution is 0.328. The third kappa shape index (κ3) is 6.91. The number of benzene rings is 1. The number of likely N-dealkylation sites (tertiary alicyclic amines) is 1. The van der Waals surface area contributed by atoms with Gasteiger partial charge in [0.1, 0.15) is 0 Å². The molecule has 0 aliphatic carbocycles. The third-order valence-corrected chi connectivity index (χ3v) is 4.78. The molecule has 1 aromatic carbocycles. The van der Waals surface area contributed by atoms with Crippen molar-refractivity contribution in [2.45, 2.75) is 39.0 Å². The van der Waals surface area contributed by atoms with Crippen LogP contribution in [0.5, 0.6) is 0 Å². The third-order valence-electron chi connectivity index (χ3n) is 4.78. The van der Waals surface area contributed by atoms with Crippen molar-refractivity contribution < 1.29 is 0 Å². The largest absolute Gasteiger partial charge is 0.356 e. The SMILES string of the molecule is CCCCCNC(=NC)NCC1CCN(CCc2ccccc2)C1. The lowest BCUT2D eigenvalue weighted by Gasteiger charge is -2.17. The van der Waals surface area contributed by atoms with E-state index in [1.165, 1.54) is 50.9 Å². The second-order valence-electron chi connectivity index (χ2n) is 6.78. The normalized spacial score (nSPS) is 18.8. The van der Waals surface area contributed by atoms with Gasteiger partial charge in [0, 0.05) is 33.2 Å². The van der Waals surface area contributed by atoms with Crippen molar-refractivity contribution in [2.75, 3.05) is 39.8 Å². The van der Waals surface area contributed by atoms with E-state index in [4.69, 9.17) is 0 Å². The fourth-order valence-corrected chi connectivity index (χ4v) is 3.26. The van der Waals surface area contributed by atoms with Crippen LogP contribution in [0.2, 0.25) is 0 Å². The number of hydrogen-bond acceptors (Lipinski definition) is 2. The molecular formula is C20H34N4. The molecule has 1 aliphatic heterocycles. The number of guanidine groups is 1. The average Bonchev–Trinajstić information content (AvgIpc) is 3.08. The number of nitrogens with one attached hydrogen (secondary N) is 2. The Morgan fingerprint density at radius 3 is 2.79 bits per heavy atom. The van der Waals surface area contributed by atoms with Gasteiger partial charge in [-0.3, -0.25) is 4.99 Å². The molecule has 1 aromatic rings. The minimum absolute atomic E-state index is 0.731. The second-order valence-corrected chi connectivity index (χ2v) is 6.78. The Morgan fingerprint density at radius 1 is 1.21 bits per heavy atom. The van der Waals surface area contributed by atoms with Gasteiger partial charge in [0.15, 0.2) is 5.96 Å². The Morgan fingerprint density at radius 2 is 2.04 bits per heavy atom. The Kier molecular flexibility index (Phi) is 8.67. The first-order chi connectivity index (χ1) is 11.8. The quantitative estimate of drug-likeness (QED) is 0.415. The van der Waals surface area contributed by atoms with Crippen molar-refractivity contribution in [3.8, 4) is 0 Å². The maximum Gasteiger partial charge on any atom is 0.190 e. The zero-order valence-electron chi connectivity index (χ0n) is 15.4. The van der Waals surface area contributed by atoms with Gasteiger partial charge in [0.25, 0.3) is 0 Å². The summed E-state index contributed by atoms with van der Waals surface area (Å²) in [6, 6.07) is 10.8. The molecule has 2 rings (SSSR count). The molecule has 0 bridgehead atoms. The van der Waals surface area contributed by atoms with E-state index in [9.17, 15) is 0 Å². The van der Waals surface area contributed by atoms with Gasteiger partial charge in [-0.25, -0.2) is 0 Å². The summed E-state index contributed by atoms with van der Waals surface area (Å²) < 4.78 is 0. The predicted molar refractivity (Wildman–Crippen MR) is 104 cm³/mol. The lowest BCUT2D eigenvalue weighted by atomic mass is 10.1. The van der Waals surface area contributed by atoms with E-state index < -0.39 is 0 Å². The van der Waals surface area contributed by atoms with E-state index in [-0.39, 0.29) is 0 Å². The smallest absolute Gasteiger partial charge is 0.190 e. The fourth-order valence-electron chi connectivity index (χ4n) is 3.26. The lowest BCUT2D eigenvalue weighted by Crippen LogP contribution is -2.40. The van der Waals surface area contributed by atoms with Crippen LogP contribution in [0.15, 0.2) is 35.3 Å². The minimum atomic E-state index is 0.731. The van der Waals surface area contributed by atoms with Crippen LogP contribution in [-0.4, -0.2) is 50.6 Å². The zero-order valence-corrected chi connectivity index (χ0v) is 15.4. The first-order valence-corrected chi connectivity index (χ1v) is 9.52. The number of hydrogen-bond donors (Lipinski definition) is 2. The molecule has 134 valence electrons. The molecule has 4 nitrogen and oxygen atoms in total. The van der Waals surface area contributed by atoms with Crippen molar-refractivity contribution in [3.05, 3.63) is 35.9 Å².